The standard InChI is InChI=1S/C22H30N4O3/c1-24-15-18(14-23-24)22-20(16-25-9-3-2-4-10-25)29-12-11-26(22)21(28)13-17-5-7-19(27)8-6-17/h5-8,14-15,20,22,27H,2-4,9-13,16H2,1H3/t20-,22-/m0/s1. The maximum absolute atomic E-state index is 13.2. The fourth-order valence-corrected chi connectivity index (χ4v) is 4.44. The predicted molar refractivity (Wildman–Crippen MR) is 110 cm³/mol. The number of carbonyl (C=O) groups is 1. The van der Waals surface area contributed by atoms with Crippen LogP contribution in [-0.2, 0) is 23.0 Å². The topological polar surface area (TPSA) is 70.8 Å². The molecule has 1 amide bonds. The molecular weight excluding hydrogens is 368 g/mol. The van der Waals surface area contributed by atoms with E-state index in [4.69, 9.17) is 4.74 Å². The summed E-state index contributed by atoms with van der Waals surface area (Å²) in [4.78, 5) is 17.7. The monoisotopic (exact) mass is 398 g/mol. The van der Waals surface area contributed by atoms with Gasteiger partial charge in [0.05, 0.1) is 31.4 Å². The van der Waals surface area contributed by atoms with Crippen LogP contribution in [0.15, 0.2) is 36.7 Å². The SMILES string of the molecule is Cn1cc([C@H]2[C@H](CN3CCCCC3)OCCN2C(=O)Cc2ccc(O)cc2)cn1. The number of likely N-dealkylation sites (tertiary alicyclic amines) is 1. The van der Waals surface area contributed by atoms with Gasteiger partial charge in [0.25, 0.3) is 0 Å². The highest BCUT2D eigenvalue weighted by Gasteiger charge is 2.38. The molecule has 156 valence electrons. The first-order valence-corrected chi connectivity index (χ1v) is 10.5. The first-order chi connectivity index (χ1) is 14.1. The number of piperidine rings is 1. The average molecular weight is 399 g/mol. The van der Waals surface area contributed by atoms with E-state index in [0.717, 1.165) is 30.8 Å². The van der Waals surface area contributed by atoms with Crippen LogP contribution in [0.4, 0.5) is 0 Å². The lowest BCUT2D eigenvalue weighted by molar-refractivity contribution is -0.148. The number of rotatable bonds is 5. The van der Waals surface area contributed by atoms with Gasteiger partial charge in [-0.05, 0) is 43.6 Å². The van der Waals surface area contributed by atoms with Gasteiger partial charge < -0.3 is 19.6 Å². The molecule has 1 N–H and O–H groups in total. The van der Waals surface area contributed by atoms with Gasteiger partial charge in [-0.3, -0.25) is 9.48 Å². The molecule has 2 aliphatic heterocycles. The van der Waals surface area contributed by atoms with Gasteiger partial charge in [-0.1, -0.05) is 18.6 Å². The highest BCUT2D eigenvalue weighted by molar-refractivity contribution is 5.79. The molecule has 0 spiro atoms. The summed E-state index contributed by atoms with van der Waals surface area (Å²) in [5.74, 6) is 0.291. The molecule has 0 aliphatic carbocycles. The van der Waals surface area contributed by atoms with Crippen molar-refractivity contribution in [1.82, 2.24) is 19.6 Å². The van der Waals surface area contributed by atoms with Gasteiger partial charge in [0.2, 0.25) is 5.91 Å². The predicted octanol–water partition coefficient (Wildman–Crippen LogP) is 2.12. The number of nitrogens with zero attached hydrogens (tertiary/aromatic N) is 4. The number of ether oxygens (including phenoxy) is 1. The van der Waals surface area contributed by atoms with Crippen molar-refractivity contribution in [2.45, 2.75) is 37.8 Å². The van der Waals surface area contributed by atoms with Crippen molar-refractivity contribution < 1.29 is 14.6 Å². The Morgan fingerprint density at radius 2 is 1.93 bits per heavy atom. The molecular formula is C22H30N4O3. The number of amides is 1. The molecule has 29 heavy (non-hydrogen) atoms. The van der Waals surface area contributed by atoms with Crippen LogP contribution in [0, 0.1) is 0 Å². The van der Waals surface area contributed by atoms with E-state index in [1.165, 1.54) is 19.3 Å². The number of aromatic nitrogens is 2. The van der Waals surface area contributed by atoms with Crippen LogP contribution in [0.25, 0.3) is 0 Å². The second-order valence-electron chi connectivity index (χ2n) is 8.09. The third-order valence-electron chi connectivity index (χ3n) is 5.92. The minimum Gasteiger partial charge on any atom is -0.508 e. The van der Waals surface area contributed by atoms with Crippen molar-refractivity contribution in [3.63, 3.8) is 0 Å². The smallest absolute Gasteiger partial charge is 0.227 e. The quantitative estimate of drug-likeness (QED) is 0.835. The van der Waals surface area contributed by atoms with Crippen molar-refractivity contribution in [3.8, 4) is 5.75 Å². The van der Waals surface area contributed by atoms with Crippen LogP contribution < -0.4 is 0 Å². The van der Waals surface area contributed by atoms with Crippen molar-refractivity contribution in [2.75, 3.05) is 32.8 Å². The fourth-order valence-electron chi connectivity index (χ4n) is 4.44. The average Bonchev–Trinajstić information content (AvgIpc) is 3.16. The Hall–Kier alpha value is -2.38. The molecule has 0 radical (unpaired) electrons. The zero-order chi connectivity index (χ0) is 20.2. The largest absolute Gasteiger partial charge is 0.508 e. The first-order valence-electron chi connectivity index (χ1n) is 10.5. The lowest BCUT2D eigenvalue weighted by atomic mass is 9.98. The number of hydrogen-bond acceptors (Lipinski definition) is 5. The number of morpholine rings is 1. The maximum Gasteiger partial charge on any atom is 0.227 e. The minimum absolute atomic E-state index is 0.0604. The van der Waals surface area contributed by atoms with Gasteiger partial charge in [-0.15, -0.1) is 0 Å². The van der Waals surface area contributed by atoms with E-state index in [0.29, 0.717) is 19.6 Å². The summed E-state index contributed by atoms with van der Waals surface area (Å²) in [6.07, 6.45) is 7.85. The van der Waals surface area contributed by atoms with Crippen molar-refractivity contribution in [1.29, 1.82) is 0 Å². The molecule has 3 heterocycles. The summed E-state index contributed by atoms with van der Waals surface area (Å²) in [5.41, 5.74) is 1.92. The van der Waals surface area contributed by atoms with E-state index < -0.39 is 0 Å². The Balaban J connectivity index is 1.54. The van der Waals surface area contributed by atoms with Gasteiger partial charge in [0.15, 0.2) is 0 Å². The Labute approximate surface area is 171 Å². The van der Waals surface area contributed by atoms with Gasteiger partial charge in [0, 0.05) is 31.9 Å². The Bertz CT molecular complexity index is 814. The molecule has 4 rings (SSSR count). The van der Waals surface area contributed by atoms with Gasteiger partial charge in [-0.2, -0.15) is 5.10 Å². The molecule has 2 saturated heterocycles. The zero-order valence-corrected chi connectivity index (χ0v) is 17.0. The molecule has 0 unspecified atom stereocenters. The molecule has 7 heteroatoms. The summed E-state index contributed by atoms with van der Waals surface area (Å²) in [5, 5.41) is 13.8. The molecule has 2 fully saturated rings. The van der Waals surface area contributed by atoms with Gasteiger partial charge >= 0.3 is 0 Å². The van der Waals surface area contributed by atoms with E-state index >= 15 is 0 Å². The van der Waals surface area contributed by atoms with Crippen molar-refractivity contribution >= 4 is 5.91 Å². The number of hydrogen-bond donors (Lipinski definition) is 1. The highest BCUT2D eigenvalue weighted by Crippen LogP contribution is 2.31. The lowest BCUT2D eigenvalue weighted by Gasteiger charge is -2.43. The van der Waals surface area contributed by atoms with E-state index in [-0.39, 0.29) is 23.8 Å². The minimum atomic E-state index is -0.135. The van der Waals surface area contributed by atoms with E-state index in [9.17, 15) is 9.90 Å². The molecule has 2 aromatic rings. The van der Waals surface area contributed by atoms with E-state index in [1.54, 1.807) is 28.9 Å². The lowest BCUT2D eigenvalue weighted by Crippen LogP contribution is -2.52. The molecule has 7 nitrogen and oxygen atoms in total. The molecule has 1 aromatic carbocycles. The normalized spacial score (nSPS) is 23.3. The number of aromatic hydroxyl groups is 1. The number of benzene rings is 1. The summed E-state index contributed by atoms with van der Waals surface area (Å²) >= 11 is 0. The molecule has 1 aromatic heterocycles. The van der Waals surface area contributed by atoms with Crippen LogP contribution in [-0.4, -0.2) is 69.5 Å². The number of carbonyl (C=O) groups excluding carboxylic acids is 1. The van der Waals surface area contributed by atoms with E-state index in [1.807, 2.05) is 24.3 Å². The van der Waals surface area contributed by atoms with Crippen LogP contribution in [0.5, 0.6) is 5.75 Å². The van der Waals surface area contributed by atoms with Crippen molar-refractivity contribution in [2.24, 2.45) is 7.05 Å². The van der Waals surface area contributed by atoms with Crippen LogP contribution in [0.3, 0.4) is 0 Å². The molecule has 0 bridgehead atoms. The zero-order valence-electron chi connectivity index (χ0n) is 17.0. The van der Waals surface area contributed by atoms with Crippen LogP contribution in [0.2, 0.25) is 0 Å². The summed E-state index contributed by atoms with van der Waals surface area (Å²) < 4.78 is 7.98. The number of phenols is 1. The fraction of sp³-hybridized carbons (Fsp3) is 0.545. The van der Waals surface area contributed by atoms with E-state index in [2.05, 4.69) is 10.00 Å². The highest BCUT2D eigenvalue weighted by atomic mass is 16.5. The summed E-state index contributed by atoms with van der Waals surface area (Å²) in [7, 11) is 1.90. The molecule has 2 aliphatic rings. The third kappa shape index (κ3) is 4.79. The maximum atomic E-state index is 13.2. The van der Waals surface area contributed by atoms with Crippen molar-refractivity contribution in [3.05, 3.63) is 47.8 Å². The van der Waals surface area contributed by atoms with Crippen LogP contribution >= 0.6 is 0 Å². The summed E-state index contributed by atoms with van der Waals surface area (Å²) in [6, 6.07) is 6.72. The van der Waals surface area contributed by atoms with Crippen LogP contribution in [0.1, 0.15) is 36.4 Å². The first kappa shape index (κ1) is 19.9. The second kappa shape index (κ2) is 8.97. The van der Waals surface area contributed by atoms with Gasteiger partial charge in [0.1, 0.15) is 5.75 Å². The Morgan fingerprint density at radius 1 is 1.17 bits per heavy atom. The summed E-state index contributed by atoms with van der Waals surface area (Å²) in [6.45, 7) is 4.16. The second-order valence-corrected chi connectivity index (χ2v) is 8.09. The number of phenolic OH excluding ortho intramolecular Hbond substituents is 1. The third-order valence-corrected chi connectivity index (χ3v) is 5.92. The Morgan fingerprint density at radius 3 is 2.62 bits per heavy atom. The molecule has 2 atom stereocenters. The number of aryl methyl sites for hydroxylation is 1. The Kier molecular flexibility index (Phi) is 6.16. The van der Waals surface area contributed by atoms with Gasteiger partial charge in [-0.25, -0.2) is 0 Å². The molecule has 0 saturated carbocycles.